The second kappa shape index (κ2) is 10.9. The first-order valence-electron chi connectivity index (χ1n) is 11.3. The van der Waals surface area contributed by atoms with Gasteiger partial charge in [0, 0.05) is 44.0 Å². The number of rotatable bonds is 8. The van der Waals surface area contributed by atoms with Crippen LogP contribution in [0.4, 0.5) is 5.69 Å². The minimum atomic E-state index is -0.143. The minimum Gasteiger partial charge on any atom is -0.493 e. The number of anilines is 1. The van der Waals surface area contributed by atoms with E-state index in [9.17, 15) is 4.79 Å². The molecule has 0 unspecified atom stereocenters. The number of carbonyl (C=O) groups is 1. The van der Waals surface area contributed by atoms with E-state index in [1.807, 2.05) is 36.4 Å². The molecule has 1 aliphatic heterocycles. The third kappa shape index (κ3) is 5.84. The molecule has 172 valence electrons. The Hall–Kier alpha value is -3.51. The van der Waals surface area contributed by atoms with Crippen LogP contribution < -0.4 is 19.7 Å². The molecule has 6 nitrogen and oxygen atoms in total. The average molecular weight is 446 g/mol. The highest BCUT2D eigenvalue weighted by Crippen LogP contribution is 2.29. The summed E-state index contributed by atoms with van der Waals surface area (Å²) in [6.07, 6.45) is 0. The van der Waals surface area contributed by atoms with Crippen molar-refractivity contribution in [3.63, 3.8) is 0 Å². The second-order valence-electron chi connectivity index (χ2n) is 8.24. The van der Waals surface area contributed by atoms with E-state index in [2.05, 4.69) is 40.4 Å². The molecule has 0 saturated carbocycles. The molecule has 1 fully saturated rings. The molecule has 0 spiro atoms. The summed E-state index contributed by atoms with van der Waals surface area (Å²) in [4.78, 5) is 17.6. The highest BCUT2D eigenvalue weighted by atomic mass is 16.5. The Morgan fingerprint density at radius 2 is 1.64 bits per heavy atom. The maximum absolute atomic E-state index is 12.9. The molecule has 4 rings (SSSR count). The fraction of sp³-hybridized carbons (Fsp3) is 0.296. The van der Waals surface area contributed by atoms with Gasteiger partial charge in [0.15, 0.2) is 11.5 Å². The largest absolute Gasteiger partial charge is 0.493 e. The summed E-state index contributed by atoms with van der Waals surface area (Å²) >= 11 is 0. The molecule has 1 aliphatic rings. The third-order valence-electron chi connectivity index (χ3n) is 5.94. The molecular formula is C27H31N3O3. The Balaban J connectivity index is 1.40. The van der Waals surface area contributed by atoms with Crippen LogP contribution in [0.3, 0.4) is 0 Å². The summed E-state index contributed by atoms with van der Waals surface area (Å²) in [5.74, 6) is 1.01. The molecule has 0 atom stereocenters. The van der Waals surface area contributed by atoms with Gasteiger partial charge in [-0.25, -0.2) is 0 Å². The molecule has 3 aromatic carbocycles. The summed E-state index contributed by atoms with van der Waals surface area (Å²) in [6, 6.07) is 23.5. The number of nitrogens with one attached hydrogen (secondary N) is 1. The molecular weight excluding hydrogens is 414 g/mol. The predicted octanol–water partition coefficient (Wildman–Crippen LogP) is 3.96. The van der Waals surface area contributed by atoms with Gasteiger partial charge in [0.05, 0.1) is 7.11 Å². The van der Waals surface area contributed by atoms with Crippen LogP contribution in [-0.2, 0) is 13.2 Å². The van der Waals surface area contributed by atoms with Gasteiger partial charge in [-0.1, -0.05) is 48.5 Å². The summed E-state index contributed by atoms with van der Waals surface area (Å²) in [6.45, 7) is 4.96. The number of amides is 1. The van der Waals surface area contributed by atoms with Gasteiger partial charge >= 0.3 is 0 Å². The van der Waals surface area contributed by atoms with Crippen LogP contribution in [0.5, 0.6) is 11.5 Å². The number of nitrogens with zero attached hydrogens (tertiary/aromatic N) is 2. The second-order valence-corrected chi connectivity index (χ2v) is 8.24. The van der Waals surface area contributed by atoms with Crippen LogP contribution in [0.1, 0.15) is 21.5 Å². The number of carbonyl (C=O) groups excluding carboxylic acids is 1. The van der Waals surface area contributed by atoms with Crippen molar-refractivity contribution >= 4 is 11.6 Å². The molecule has 1 N–H and O–H groups in total. The first-order chi connectivity index (χ1) is 16.1. The molecule has 0 radical (unpaired) electrons. The fourth-order valence-electron chi connectivity index (χ4n) is 3.96. The number of ether oxygens (including phenoxy) is 2. The first kappa shape index (κ1) is 22.7. The average Bonchev–Trinajstić information content (AvgIpc) is 2.87. The smallest absolute Gasteiger partial charge is 0.251 e. The normalized spacial score (nSPS) is 14.1. The van der Waals surface area contributed by atoms with Crippen molar-refractivity contribution in [1.29, 1.82) is 0 Å². The summed E-state index contributed by atoms with van der Waals surface area (Å²) in [5, 5.41) is 3.06. The van der Waals surface area contributed by atoms with E-state index >= 15 is 0 Å². The number of para-hydroxylation sites is 1. The Morgan fingerprint density at radius 1 is 0.909 bits per heavy atom. The minimum absolute atomic E-state index is 0.143. The maximum Gasteiger partial charge on any atom is 0.251 e. The van der Waals surface area contributed by atoms with Crippen molar-refractivity contribution in [2.24, 2.45) is 0 Å². The summed E-state index contributed by atoms with van der Waals surface area (Å²) < 4.78 is 11.4. The number of likely N-dealkylation sites (N-methyl/N-ethyl adjacent to an activating group) is 1. The molecule has 1 saturated heterocycles. The lowest BCUT2D eigenvalue weighted by Crippen LogP contribution is -2.45. The summed E-state index contributed by atoms with van der Waals surface area (Å²) in [5.41, 5.74) is 3.91. The van der Waals surface area contributed by atoms with E-state index < -0.39 is 0 Å². The topological polar surface area (TPSA) is 54.0 Å². The molecule has 0 bridgehead atoms. The lowest BCUT2D eigenvalue weighted by atomic mass is 10.1. The Morgan fingerprint density at radius 3 is 2.39 bits per heavy atom. The molecule has 6 heteroatoms. The Bertz CT molecular complexity index is 1060. The molecule has 33 heavy (non-hydrogen) atoms. The van der Waals surface area contributed by atoms with E-state index in [0.717, 1.165) is 37.3 Å². The van der Waals surface area contributed by atoms with Gasteiger partial charge in [-0.2, -0.15) is 0 Å². The van der Waals surface area contributed by atoms with Crippen LogP contribution in [0.15, 0.2) is 72.8 Å². The highest BCUT2D eigenvalue weighted by Gasteiger charge is 2.17. The van der Waals surface area contributed by atoms with Crippen molar-refractivity contribution in [2.45, 2.75) is 13.2 Å². The van der Waals surface area contributed by atoms with E-state index in [0.29, 0.717) is 30.2 Å². The van der Waals surface area contributed by atoms with Gasteiger partial charge < -0.3 is 24.6 Å². The third-order valence-corrected chi connectivity index (χ3v) is 5.94. The highest BCUT2D eigenvalue weighted by molar-refractivity contribution is 5.95. The van der Waals surface area contributed by atoms with Crippen LogP contribution in [0, 0.1) is 0 Å². The monoisotopic (exact) mass is 445 g/mol. The van der Waals surface area contributed by atoms with Crippen LogP contribution >= 0.6 is 0 Å². The molecule has 0 aromatic heterocycles. The number of methoxy groups -OCH3 is 1. The lowest BCUT2D eigenvalue weighted by Gasteiger charge is -2.35. The van der Waals surface area contributed by atoms with Crippen LogP contribution in [0.2, 0.25) is 0 Å². The summed E-state index contributed by atoms with van der Waals surface area (Å²) in [7, 11) is 3.73. The molecule has 3 aromatic rings. The van der Waals surface area contributed by atoms with Gasteiger partial charge in [-0.05, 0) is 42.4 Å². The SMILES string of the molecule is COc1cc(C(=O)NCc2ccccc2N2CCN(C)CC2)ccc1OCc1ccccc1. The fourth-order valence-corrected chi connectivity index (χ4v) is 3.96. The zero-order valence-corrected chi connectivity index (χ0v) is 19.3. The van der Waals surface area contributed by atoms with Gasteiger partial charge in [0.25, 0.3) is 5.91 Å². The quantitative estimate of drug-likeness (QED) is 0.569. The number of hydrogen-bond acceptors (Lipinski definition) is 5. The molecule has 0 aliphatic carbocycles. The number of piperazine rings is 1. The predicted molar refractivity (Wildman–Crippen MR) is 131 cm³/mol. The molecule has 1 heterocycles. The number of benzene rings is 3. The Labute approximate surface area is 195 Å². The van der Waals surface area contributed by atoms with Gasteiger partial charge in [0.1, 0.15) is 6.61 Å². The van der Waals surface area contributed by atoms with Gasteiger partial charge in [0.2, 0.25) is 0 Å². The number of hydrogen-bond donors (Lipinski definition) is 1. The van der Waals surface area contributed by atoms with Crippen molar-refractivity contribution < 1.29 is 14.3 Å². The van der Waals surface area contributed by atoms with E-state index in [1.165, 1.54) is 5.69 Å². The van der Waals surface area contributed by atoms with Crippen molar-refractivity contribution in [1.82, 2.24) is 10.2 Å². The van der Waals surface area contributed by atoms with Crippen molar-refractivity contribution in [3.05, 3.63) is 89.5 Å². The zero-order valence-electron chi connectivity index (χ0n) is 19.3. The standard InChI is InChI=1S/C27H31N3O3/c1-29-14-16-30(17-15-29)24-11-7-6-10-23(24)19-28-27(31)22-12-13-25(26(18-22)32-2)33-20-21-8-4-3-5-9-21/h3-13,18H,14-17,19-20H2,1-2H3,(H,28,31). The Kier molecular flexibility index (Phi) is 7.47. The van der Waals surface area contributed by atoms with Crippen LogP contribution in [-0.4, -0.2) is 51.1 Å². The van der Waals surface area contributed by atoms with Gasteiger partial charge in [-0.3, -0.25) is 4.79 Å². The van der Waals surface area contributed by atoms with E-state index in [-0.39, 0.29) is 5.91 Å². The lowest BCUT2D eigenvalue weighted by molar-refractivity contribution is 0.0950. The van der Waals surface area contributed by atoms with Crippen molar-refractivity contribution in [3.8, 4) is 11.5 Å². The molecule has 1 amide bonds. The maximum atomic E-state index is 12.9. The van der Waals surface area contributed by atoms with E-state index in [1.54, 1.807) is 25.3 Å². The van der Waals surface area contributed by atoms with Gasteiger partial charge in [-0.15, -0.1) is 0 Å². The van der Waals surface area contributed by atoms with Crippen molar-refractivity contribution in [2.75, 3.05) is 45.2 Å². The van der Waals surface area contributed by atoms with E-state index in [4.69, 9.17) is 9.47 Å². The zero-order chi connectivity index (χ0) is 23.0. The van der Waals surface area contributed by atoms with Crippen LogP contribution in [0.25, 0.3) is 0 Å². The first-order valence-corrected chi connectivity index (χ1v) is 11.3.